The van der Waals surface area contributed by atoms with Crippen molar-refractivity contribution >= 4 is 0 Å². The van der Waals surface area contributed by atoms with Crippen LogP contribution in [0.3, 0.4) is 0 Å². The van der Waals surface area contributed by atoms with E-state index in [0.29, 0.717) is 6.04 Å². The highest BCUT2D eigenvalue weighted by atomic mass is 15.1. The Hall–Kier alpha value is -0.0800. The highest BCUT2D eigenvalue weighted by molar-refractivity contribution is 4.65. The van der Waals surface area contributed by atoms with E-state index >= 15 is 0 Å². The molecule has 0 radical (unpaired) electrons. The van der Waals surface area contributed by atoms with Crippen molar-refractivity contribution in [1.29, 1.82) is 0 Å². The maximum atomic E-state index is 3.61. The maximum Gasteiger partial charge on any atom is 0.0107 e. The van der Waals surface area contributed by atoms with Crippen molar-refractivity contribution in [2.45, 2.75) is 65.8 Å². The van der Waals surface area contributed by atoms with Crippen molar-refractivity contribution < 1.29 is 0 Å². The van der Waals surface area contributed by atoms with Crippen LogP contribution >= 0.6 is 0 Å². The molecule has 0 spiro atoms. The Morgan fingerprint density at radius 1 is 1.12 bits per heavy atom. The lowest BCUT2D eigenvalue weighted by atomic mass is 9.99. The van der Waals surface area contributed by atoms with Gasteiger partial charge >= 0.3 is 0 Å². The highest BCUT2D eigenvalue weighted by Gasteiger charge is 2.07. The average Bonchev–Trinajstić information content (AvgIpc) is 2.36. The zero-order valence-corrected chi connectivity index (χ0v) is 12.8. The SMILES string of the molecule is CCCCC(CC)CNCCN(C)C(C)CC. The summed E-state index contributed by atoms with van der Waals surface area (Å²) in [5.41, 5.74) is 0. The molecule has 0 aromatic heterocycles. The molecule has 0 aromatic carbocycles. The summed E-state index contributed by atoms with van der Waals surface area (Å²) in [7, 11) is 2.23. The zero-order chi connectivity index (χ0) is 13.1. The number of hydrogen-bond donors (Lipinski definition) is 1. The molecule has 1 N–H and O–H groups in total. The lowest BCUT2D eigenvalue weighted by molar-refractivity contribution is 0.249. The summed E-state index contributed by atoms with van der Waals surface area (Å²) in [5.74, 6) is 0.879. The first kappa shape index (κ1) is 16.9. The van der Waals surface area contributed by atoms with Gasteiger partial charge in [0.05, 0.1) is 0 Å². The van der Waals surface area contributed by atoms with Crippen molar-refractivity contribution in [2.75, 3.05) is 26.7 Å². The average molecular weight is 242 g/mol. The van der Waals surface area contributed by atoms with Crippen LogP contribution in [0.1, 0.15) is 59.8 Å². The second-order valence-electron chi connectivity index (χ2n) is 5.36. The van der Waals surface area contributed by atoms with Crippen molar-refractivity contribution in [3.63, 3.8) is 0 Å². The van der Waals surface area contributed by atoms with Gasteiger partial charge in [-0.25, -0.2) is 0 Å². The van der Waals surface area contributed by atoms with Crippen molar-refractivity contribution in [1.82, 2.24) is 10.2 Å². The third-order valence-electron chi connectivity index (χ3n) is 3.96. The van der Waals surface area contributed by atoms with Gasteiger partial charge in [0.15, 0.2) is 0 Å². The Balaban J connectivity index is 3.54. The minimum absolute atomic E-state index is 0.707. The number of hydrogen-bond acceptors (Lipinski definition) is 2. The molecule has 2 nitrogen and oxygen atoms in total. The van der Waals surface area contributed by atoms with E-state index in [9.17, 15) is 0 Å². The van der Waals surface area contributed by atoms with Crippen LogP contribution in [0, 0.1) is 5.92 Å². The van der Waals surface area contributed by atoms with Gasteiger partial charge in [0, 0.05) is 19.1 Å². The van der Waals surface area contributed by atoms with Crippen LogP contribution < -0.4 is 5.32 Å². The normalized spacial score (nSPS) is 15.2. The summed E-state index contributed by atoms with van der Waals surface area (Å²) in [4.78, 5) is 2.44. The Morgan fingerprint density at radius 3 is 2.35 bits per heavy atom. The first-order valence-electron chi connectivity index (χ1n) is 7.56. The number of unbranched alkanes of at least 4 members (excludes halogenated alkanes) is 1. The molecule has 0 saturated heterocycles. The van der Waals surface area contributed by atoms with E-state index < -0.39 is 0 Å². The minimum atomic E-state index is 0.707. The zero-order valence-electron chi connectivity index (χ0n) is 12.8. The molecule has 0 aromatic rings. The van der Waals surface area contributed by atoms with Gasteiger partial charge in [-0.3, -0.25) is 0 Å². The van der Waals surface area contributed by atoms with E-state index in [0.717, 1.165) is 12.5 Å². The third kappa shape index (κ3) is 8.62. The second-order valence-corrected chi connectivity index (χ2v) is 5.36. The summed E-state index contributed by atoms with van der Waals surface area (Å²) in [6, 6.07) is 0.707. The standard InChI is InChI=1S/C15H34N2/c1-6-9-10-15(8-3)13-16-11-12-17(5)14(4)7-2/h14-16H,6-13H2,1-5H3. The second kappa shape index (κ2) is 11.0. The Morgan fingerprint density at radius 2 is 1.82 bits per heavy atom. The molecule has 2 unspecified atom stereocenters. The van der Waals surface area contributed by atoms with Gasteiger partial charge in [-0.2, -0.15) is 0 Å². The molecule has 0 rings (SSSR count). The fourth-order valence-electron chi connectivity index (χ4n) is 2.04. The third-order valence-corrected chi connectivity index (χ3v) is 3.96. The van der Waals surface area contributed by atoms with Gasteiger partial charge in [-0.05, 0) is 39.3 Å². The molecule has 0 aliphatic rings. The fraction of sp³-hybridized carbons (Fsp3) is 1.00. The molecule has 0 aliphatic carbocycles. The highest BCUT2D eigenvalue weighted by Crippen LogP contribution is 2.10. The molecule has 2 heteroatoms. The molecule has 0 fully saturated rings. The fourth-order valence-corrected chi connectivity index (χ4v) is 2.04. The number of likely N-dealkylation sites (N-methyl/N-ethyl adjacent to an activating group) is 1. The van der Waals surface area contributed by atoms with Crippen LogP contribution in [0.15, 0.2) is 0 Å². The van der Waals surface area contributed by atoms with Crippen molar-refractivity contribution in [3.8, 4) is 0 Å². The molecule has 0 bridgehead atoms. The van der Waals surface area contributed by atoms with Crippen LogP contribution in [-0.2, 0) is 0 Å². The van der Waals surface area contributed by atoms with E-state index in [-0.39, 0.29) is 0 Å². The van der Waals surface area contributed by atoms with Gasteiger partial charge in [0.1, 0.15) is 0 Å². The van der Waals surface area contributed by atoms with Crippen LogP contribution in [0.2, 0.25) is 0 Å². The predicted octanol–water partition coefficient (Wildman–Crippen LogP) is 3.52. The Bertz CT molecular complexity index is 159. The molecule has 2 atom stereocenters. The molecular weight excluding hydrogens is 208 g/mol. The first-order chi connectivity index (χ1) is 8.15. The predicted molar refractivity (Wildman–Crippen MR) is 78.6 cm³/mol. The first-order valence-corrected chi connectivity index (χ1v) is 7.56. The van der Waals surface area contributed by atoms with E-state index in [1.807, 2.05) is 0 Å². The molecule has 0 amide bonds. The molecule has 0 aliphatic heterocycles. The largest absolute Gasteiger partial charge is 0.315 e. The van der Waals surface area contributed by atoms with Gasteiger partial charge in [-0.15, -0.1) is 0 Å². The van der Waals surface area contributed by atoms with E-state index in [1.165, 1.54) is 45.2 Å². The van der Waals surface area contributed by atoms with E-state index in [4.69, 9.17) is 0 Å². The summed E-state index contributed by atoms with van der Waals surface area (Å²) in [6.07, 6.45) is 6.65. The number of nitrogens with zero attached hydrogens (tertiary/aromatic N) is 1. The minimum Gasteiger partial charge on any atom is -0.315 e. The molecular formula is C15H34N2. The van der Waals surface area contributed by atoms with Crippen molar-refractivity contribution in [2.24, 2.45) is 5.92 Å². The summed E-state index contributed by atoms with van der Waals surface area (Å²) in [6.45, 7) is 12.6. The molecule has 0 heterocycles. The van der Waals surface area contributed by atoms with Crippen molar-refractivity contribution in [3.05, 3.63) is 0 Å². The van der Waals surface area contributed by atoms with Gasteiger partial charge in [0.2, 0.25) is 0 Å². The monoisotopic (exact) mass is 242 g/mol. The molecule has 0 saturated carbocycles. The van der Waals surface area contributed by atoms with Gasteiger partial charge < -0.3 is 10.2 Å². The van der Waals surface area contributed by atoms with Crippen LogP contribution in [0.5, 0.6) is 0 Å². The van der Waals surface area contributed by atoms with E-state index in [1.54, 1.807) is 0 Å². The lowest BCUT2D eigenvalue weighted by Crippen LogP contribution is -2.36. The Kier molecular flexibility index (Phi) is 11.0. The van der Waals surface area contributed by atoms with E-state index in [2.05, 4.69) is 45.0 Å². The van der Waals surface area contributed by atoms with Crippen LogP contribution in [0.25, 0.3) is 0 Å². The topological polar surface area (TPSA) is 15.3 Å². The summed E-state index contributed by atoms with van der Waals surface area (Å²) < 4.78 is 0. The lowest BCUT2D eigenvalue weighted by Gasteiger charge is -2.24. The number of nitrogens with one attached hydrogen (secondary N) is 1. The van der Waals surface area contributed by atoms with Crippen LogP contribution in [0.4, 0.5) is 0 Å². The van der Waals surface area contributed by atoms with Gasteiger partial charge in [-0.1, -0.05) is 40.0 Å². The smallest absolute Gasteiger partial charge is 0.0107 e. The molecule has 104 valence electrons. The summed E-state index contributed by atoms with van der Waals surface area (Å²) in [5, 5.41) is 3.61. The summed E-state index contributed by atoms with van der Waals surface area (Å²) >= 11 is 0. The van der Waals surface area contributed by atoms with Crippen LogP contribution in [-0.4, -0.2) is 37.6 Å². The molecule has 17 heavy (non-hydrogen) atoms. The maximum absolute atomic E-state index is 3.61. The Labute approximate surface area is 109 Å². The number of rotatable bonds is 11. The van der Waals surface area contributed by atoms with Gasteiger partial charge in [0.25, 0.3) is 0 Å². The quantitative estimate of drug-likeness (QED) is 0.558.